The van der Waals surface area contributed by atoms with Gasteiger partial charge >= 0.3 is 0 Å². The van der Waals surface area contributed by atoms with Crippen molar-refractivity contribution in [1.29, 1.82) is 0 Å². The Hall–Kier alpha value is -2.07. The molecule has 4 heteroatoms. The minimum absolute atomic E-state index is 0.682. The Balaban J connectivity index is 1.69. The Morgan fingerprint density at radius 1 is 1.10 bits per heavy atom. The molecule has 0 fully saturated rings. The first kappa shape index (κ1) is 13.9. The molecule has 0 bridgehead atoms. The molecule has 0 unspecified atom stereocenters. The minimum Gasteiger partial charge on any atom is -0.449 e. The minimum atomic E-state index is 0.682. The molecule has 0 radical (unpaired) electrons. The summed E-state index contributed by atoms with van der Waals surface area (Å²) in [7, 11) is 0. The number of anilines is 1. The summed E-state index contributed by atoms with van der Waals surface area (Å²) in [4.78, 5) is 4.32. The topological polar surface area (TPSA) is 38.1 Å². The fourth-order valence-corrected chi connectivity index (χ4v) is 2.52. The first-order valence-electron chi connectivity index (χ1n) is 6.72. The Labute approximate surface area is 132 Å². The smallest absolute Gasteiger partial charge is 0.191 e. The van der Waals surface area contributed by atoms with Gasteiger partial charge in [0, 0.05) is 29.2 Å². The van der Waals surface area contributed by atoms with E-state index in [-0.39, 0.29) is 0 Å². The van der Waals surface area contributed by atoms with E-state index in [4.69, 9.17) is 4.42 Å². The molecule has 0 spiro atoms. The van der Waals surface area contributed by atoms with Gasteiger partial charge in [-0.1, -0.05) is 46.3 Å². The molecule has 0 aliphatic rings. The number of nitrogens with zero attached hydrogens (tertiary/aromatic N) is 1. The number of benzene rings is 2. The highest BCUT2D eigenvalue weighted by Gasteiger charge is 2.03. The molecule has 3 nitrogen and oxygen atoms in total. The summed E-state index contributed by atoms with van der Waals surface area (Å²) in [6.07, 6.45) is 1.68. The van der Waals surface area contributed by atoms with Gasteiger partial charge in [0.2, 0.25) is 0 Å². The van der Waals surface area contributed by atoms with Crippen LogP contribution in [0.25, 0.3) is 11.3 Å². The van der Waals surface area contributed by atoms with Gasteiger partial charge in [0.15, 0.2) is 5.89 Å². The van der Waals surface area contributed by atoms with Crippen molar-refractivity contribution in [3.05, 3.63) is 70.7 Å². The molecule has 3 aromatic rings. The zero-order valence-electron chi connectivity index (χ0n) is 11.6. The molecule has 106 valence electrons. The van der Waals surface area contributed by atoms with Gasteiger partial charge in [-0.3, -0.25) is 0 Å². The van der Waals surface area contributed by atoms with Crippen molar-refractivity contribution in [1.82, 2.24) is 4.98 Å². The van der Waals surface area contributed by atoms with Crippen LogP contribution in [0.3, 0.4) is 0 Å². The quantitative estimate of drug-likeness (QED) is 0.722. The molecule has 21 heavy (non-hydrogen) atoms. The van der Waals surface area contributed by atoms with Gasteiger partial charge in [-0.25, -0.2) is 4.98 Å². The third-order valence-electron chi connectivity index (χ3n) is 3.24. The van der Waals surface area contributed by atoms with Crippen LogP contribution in [0.4, 0.5) is 5.69 Å². The van der Waals surface area contributed by atoms with Crippen molar-refractivity contribution in [2.75, 3.05) is 5.32 Å². The van der Waals surface area contributed by atoms with Crippen molar-refractivity contribution >= 4 is 21.6 Å². The average molecular weight is 343 g/mol. The van der Waals surface area contributed by atoms with Gasteiger partial charge in [0.05, 0.1) is 0 Å². The predicted octanol–water partition coefficient (Wildman–Crippen LogP) is 5.02. The zero-order valence-corrected chi connectivity index (χ0v) is 13.2. The van der Waals surface area contributed by atoms with Crippen molar-refractivity contribution in [3.8, 4) is 11.3 Å². The lowest BCUT2D eigenvalue weighted by Gasteiger charge is -2.08. The molecular weight excluding hydrogens is 328 g/mol. The molecule has 1 N–H and O–H groups in total. The van der Waals surface area contributed by atoms with Crippen LogP contribution in [-0.2, 0) is 6.54 Å². The maximum Gasteiger partial charge on any atom is 0.191 e. The van der Waals surface area contributed by atoms with Crippen LogP contribution in [0.1, 0.15) is 11.5 Å². The van der Waals surface area contributed by atoms with Gasteiger partial charge in [0.25, 0.3) is 0 Å². The molecule has 0 aliphatic heterocycles. The van der Waals surface area contributed by atoms with Crippen LogP contribution in [0.5, 0.6) is 0 Å². The highest BCUT2D eigenvalue weighted by molar-refractivity contribution is 9.10. The third-order valence-corrected chi connectivity index (χ3v) is 4.01. The lowest BCUT2D eigenvalue weighted by atomic mass is 10.1. The summed E-state index contributed by atoms with van der Waals surface area (Å²) in [6, 6.07) is 16.4. The van der Waals surface area contributed by atoms with Crippen molar-refractivity contribution in [2.24, 2.45) is 0 Å². The Kier molecular flexibility index (Phi) is 4.06. The molecule has 1 heterocycles. The SMILES string of the molecule is Cc1nc(-c2ccc(NCc3ccccc3Br)cc2)co1. The van der Waals surface area contributed by atoms with Gasteiger partial charge in [0.1, 0.15) is 12.0 Å². The second-order valence-corrected chi connectivity index (χ2v) is 5.63. The largest absolute Gasteiger partial charge is 0.449 e. The van der Waals surface area contributed by atoms with Crippen LogP contribution >= 0.6 is 15.9 Å². The number of nitrogens with one attached hydrogen (secondary N) is 1. The fourth-order valence-electron chi connectivity index (χ4n) is 2.09. The average Bonchev–Trinajstić information content (AvgIpc) is 2.94. The molecule has 2 aromatic carbocycles. The van der Waals surface area contributed by atoms with E-state index in [0.29, 0.717) is 5.89 Å². The molecule has 0 amide bonds. The van der Waals surface area contributed by atoms with E-state index < -0.39 is 0 Å². The zero-order chi connectivity index (χ0) is 14.7. The van der Waals surface area contributed by atoms with Crippen molar-refractivity contribution in [3.63, 3.8) is 0 Å². The monoisotopic (exact) mass is 342 g/mol. The molecule has 0 atom stereocenters. The number of aryl methyl sites for hydroxylation is 1. The fraction of sp³-hybridized carbons (Fsp3) is 0.118. The standard InChI is InChI=1S/C17H15BrN2O/c1-12-20-17(11-21-12)13-6-8-15(9-7-13)19-10-14-4-2-3-5-16(14)18/h2-9,11,19H,10H2,1H3. The number of aromatic nitrogens is 1. The van der Waals surface area contributed by atoms with Gasteiger partial charge < -0.3 is 9.73 Å². The summed E-state index contributed by atoms with van der Waals surface area (Å²) in [5.41, 5.74) is 4.23. The lowest BCUT2D eigenvalue weighted by Crippen LogP contribution is -1.99. The molecule has 0 saturated carbocycles. The van der Waals surface area contributed by atoms with E-state index >= 15 is 0 Å². The maximum absolute atomic E-state index is 5.24. The Morgan fingerprint density at radius 3 is 2.52 bits per heavy atom. The molecular formula is C17H15BrN2O. The second-order valence-electron chi connectivity index (χ2n) is 4.77. The number of rotatable bonds is 4. The Morgan fingerprint density at radius 2 is 1.86 bits per heavy atom. The number of halogens is 1. The third kappa shape index (κ3) is 3.34. The van der Waals surface area contributed by atoms with E-state index in [1.807, 2.05) is 37.3 Å². The maximum atomic E-state index is 5.24. The van der Waals surface area contributed by atoms with Crippen molar-refractivity contribution < 1.29 is 4.42 Å². The van der Waals surface area contributed by atoms with Crippen molar-refractivity contribution in [2.45, 2.75) is 13.5 Å². The molecule has 0 aliphatic carbocycles. The highest BCUT2D eigenvalue weighted by Crippen LogP contribution is 2.22. The van der Waals surface area contributed by atoms with Gasteiger partial charge in [-0.2, -0.15) is 0 Å². The van der Waals surface area contributed by atoms with Crippen LogP contribution in [0.15, 0.2) is 63.7 Å². The first-order valence-corrected chi connectivity index (χ1v) is 7.51. The van der Waals surface area contributed by atoms with E-state index in [2.05, 4.69) is 44.4 Å². The molecule has 0 saturated heterocycles. The summed E-state index contributed by atoms with van der Waals surface area (Å²) >= 11 is 3.56. The number of hydrogen-bond acceptors (Lipinski definition) is 3. The summed E-state index contributed by atoms with van der Waals surface area (Å²) in [5.74, 6) is 0.682. The highest BCUT2D eigenvalue weighted by atomic mass is 79.9. The van der Waals surface area contributed by atoms with Gasteiger partial charge in [-0.15, -0.1) is 0 Å². The summed E-state index contributed by atoms with van der Waals surface area (Å²) in [5, 5.41) is 3.41. The van der Waals surface area contributed by atoms with Crippen LogP contribution in [0, 0.1) is 6.92 Å². The predicted molar refractivity (Wildman–Crippen MR) is 88.1 cm³/mol. The van der Waals surface area contributed by atoms with Crippen LogP contribution in [0.2, 0.25) is 0 Å². The normalized spacial score (nSPS) is 10.6. The van der Waals surface area contributed by atoms with E-state index in [0.717, 1.165) is 28.0 Å². The van der Waals surface area contributed by atoms with Crippen LogP contribution in [-0.4, -0.2) is 4.98 Å². The summed E-state index contributed by atoms with van der Waals surface area (Å²) < 4.78 is 6.35. The number of hydrogen-bond donors (Lipinski definition) is 1. The van der Waals surface area contributed by atoms with E-state index in [1.54, 1.807) is 6.26 Å². The van der Waals surface area contributed by atoms with E-state index in [9.17, 15) is 0 Å². The molecule has 1 aromatic heterocycles. The molecule has 3 rings (SSSR count). The Bertz CT molecular complexity index is 735. The number of oxazole rings is 1. The van der Waals surface area contributed by atoms with Gasteiger partial charge in [-0.05, 0) is 23.8 Å². The van der Waals surface area contributed by atoms with E-state index in [1.165, 1.54) is 5.56 Å². The summed E-state index contributed by atoms with van der Waals surface area (Å²) in [6.45, 7) is 2.63. The first-order chi connectivity index (χ1) is 10.2. The second kappa shape index (κ2) is 6.14. The lowest BCUT2D eigenvalue weighted by molar-refractivity contribution is 0.521. The van der Waals surface area contributed by atoms with Crippen LogP contribution < -0.4 is 5.32 Å².